The maximum Gasteiger partial charge on any atom is 0.315 e. The summed E-state index contributed by atoms with van der Waals surface area (Å²) in [5.74, 6) is 2.08. The van der Waals surface area contributed by atoms with E-state index in [2.05, 4.69) is 10.6 Å². The van der Waals surface area contributed by atoms with Crippen molar-refractivity contribution >= 4 is 6.03 Å². The van der Waals surface area contributed by atoms with E-state index in [-0.39, 0.29) is 6.03 Å². The third kappa shape index (κ3) is 5.91. The fourth-order valence-electron chi connectivity index (χ4n) is 2.20. The van der Waals surface area contributed by atoms with Gasteiger partial charge < -0.3 is 24.8 Å². The van der Waals surface area contributed by atoms with Crippen LogP contribution < -0.4 is 24.8 Å². The molecular weight excluding hydrogens is 320 g/mol. The zero-order chi connectivity index (χ0) is 18.1. The number of amides is 2. The van der Waals surface area contributed by atoms with Gasteiger partial charge in [0.25, 0.3) is 0 Å². The number of carbonyl (C=O) groups excluding carboxylic acids is 1. The van der Waals surface area contributed by atoms with Crippen molar-refractivity contribution in [3.05, 3.63) is 53.6 Å². The molecule has 134 valence electrons. The topological polar surface area (TPSA) is 68.8 Å². The molecule has 6 nitrogen and oxygen atoms in total. The molecule has 0 aliphatic rings. The highest BCUT2D eigenvalue weighted by Crippen LogP contribution is 2.27. The van der Waals surface area contributed by atoms with E-state index >= 15 is 0 Å². The van der Waals surface area contributed by atoms with Crippen LogP contribution in [-0.2, 0) is 6.54 Å². The fourth-order valence-corrected chi connectivity index (χ4v) is 2.20. The second kappa shape index (κ2) is 9.42. The number of urea groups is 1. The van der Waals surface area contributed by atoms with Crippen LogP contribution in [0, 0.1) is 6.92 Å². The quantitative estimate of drug-likeness (QED) is 0.723. The Morgan fingerprint density at radius 1 is 0.960 bits per heavy atom. The van der Waals surface area contributed by atoms with Gasteiger partial charge in [0.1, 0.15) is 12.4 Å². The molecule has 0 spiro atoms. The molecule has 2 rings (SSSR count). The molecule has 2 amide bonds. The molecule has 0 saturated heterocycles. The Morgan fingerprint density at radius 3 is 2.36 bits per heavy atom. The summed E-state index contributed by atoms with van der Waals surface area (Å²) < 4.78 is 16.0. The zero-order valence-corrected chi connectivity index (χ0v) is 14.8. The van der Waals surface area contributed by atoms with Gasteiger partial charge in [-0.25, -0.2) is 4.79 Å². The van der Waals surface area contributed by atoms with E-state index in [1.165, 1.54) is 5.56 Å². The van der Waals surface area contributed by atoms with Crippen molar-refractivity contribution in [2.45, 2.75) is 13.5 Å². The van der Waals surface area contributed by atoms with Crippen LogP contribution in [0.1, 0.15) is 11.1 Å². The lowest BCUT2D eigenvalue weighted by Crippen LogP contribution is -2.37. The fraction of sp³-hybridized carbons (Fsp3) is 0.316. The lowest BCUT2D eigenvalue weighted by atomic mass is 10.2. The van der Waals surface area contributed by atoms with Crippen LogP contribution in [0.5, 0.6) is 17.2 Å². The maximum absolute atomic E-state index is 11.8. The van der Waals surface area contributed by atoms with Gasteiger partial charge in [-0.1, -0.05) is 23.8 Å². The van der Waals surface area contributed by atoms with E-state index < -0.39 is 0 Å². The number of hydrogen-bond acceptors (Lipinski definition) is 4. The van der Waals surface area contributed by atoms with E-state index in [4.69, 9.17) is 14.2 Å². The van der Waals surface area contributed by atoms with E-state index in [0.29, 0.717) is 31.2 Å². The zero-order valence-electron chi connectivity index (χ0n) is 14.8. The standard InChI is InChI=1S/C19H24N2O4/c1-14-4-7-16(8-5-14)25-11-10-20-19(22)21-13-15-6-9-17(23-2)18(12-15)24-3/h4-9,12H,10-11,13H2,1-3H3,(H2,20,21,22). The van der Waals surface area contributed by atoms with Gasteiger partial charge in [-0.3, -0.25) is 0 Å². The molecule has 0 radical (unpaired) electrons. The van der Waals surface area contributed by atoms with Crippen molar-refractivity contribution in [2.24, 2.45) is 0 Å². The molecule has 25 heavy (non-hydrogen) atoms. The largest absolute Gasteiger partial charge is 0.493 e. The van der Waals surface area contributed by atoms with Crippen molar-refractivity contribution in [1.29, 1.82) is 0 Å². The predicted octanol–water partition coefficient (Wildman–Crippen LogP) is 2.89. The molecule has 2 aromatic rings. The Bertz CT molecular complexity index is 686. The van der Waals surface area contributed by atoms with Crippen LogP contribution in [0.4, 0.5) is 4.79 Å². The first-order valence-corrected chi connectivity index (χ1v) is 8.04. The monoisotopic (exact) mass is 344 g/mol. The molecule has 2 aromatic carbocycles. The van der Waals surface area contributed by atoms with Gasteiger partial charge in [0.05, 0.1) is 20.8 Å². The second-order valence-corrected chi connectivity index (χ2v) is 5.46. The highest BCUT2D eigenvalue weighted by atomic mass is 16.5. The number of carbonyl (C=O) groups is 1. The van der Waals surface area contributed by atoms with Crippen molar-refractivity contribution in [3.63, 3.8) is 0 Å². The van der Waals surface area contributed by atoms with E-state index in [0.717, 1.165) is 11.3 Å². The minimum atomic E-state index is -0.248. The van der Waals surface area contributed by atoms with Gasteiger partial charge >= 0.3 is 6.03 Å². The van der Waals surface area contributed by atoms with Gasteiger partial charge in [-0.2, -0.15) is 0 Å². The predicted molar refractivity (Wildman–Crippen MR) is 96.5 cm³/mol. The van der Waals surface area contributed by atoms with Crippen molar-refractivity contribution < 1.29 is 19.0 Å². The SMILES string of the molecule is COc1ccc(CNC(=O)NCCOc2ccc(C)cc2)cc1OC. The van der Waals surface area contributed by atoms with E-state index in [1.54, 1.807) is 14.2 Å². The van der Waals surface area contributed by atoms with Gasteiger partial charge in [0.2, 0.25) is 0 Å². The summed E-state index contributed by atoms with van der Waals surface area (Å²) in [6, 6.07) is 13.1. The lowest BCUT2D eigenvalue weighted by molar-refractivity contribution is 0.236. The number of nitrogens with one attached hydrogen (secondary N) is 2. The van der Waals surface area contributed by atoms with E-state index in [1.807, 2.05) is 49.4 Å². The maximum atomic E-state index is 11.8. The lowest BCUT2D eigenvalue weighted by Gasteiger charge is -2.11. The molecule has 0 bridgehead atoms. The first-order valence-electron chi connectivity index (χ1n) is 8.04. The Kier molecular flexibility index (Phi) is 6.95. The van der Waals surface area contributed by atoms with Gasteiger partial charge in [-0.05, 0) is 36.8 Å². The molecule has 0 atom stereocenters. The molecule has 0 aromatic heterocycles. The van der Waals surface area contributed by atoms with Gasteiger partial charge in [0.15, 0.2) is 11.5 Å². The number of rotatable bonds is 8. The van der Waals surface area contributed by atoms with Crippen LogP contribution in [0.15, 0.2) is 42.5 Å². The Morgan fingerprint density at radius 2 is 1.68 bits per heavy atom. The van der Waals surface area contributed by atoms with Gasteiger partial charge in [-0.15, -0.1) is 0 Å². The second-order valence-electron chi connectivity index (χ2n) is 5.46. The first kappa shape index (κ1) is 18.4. The number of ether oxygens (including phenoxy) is 3. The van der Waals surface area contributed by atoms with Crippen LogP contribution in [0.2, 0.25) is 0 Å². The minimum absolute atomic E-state index is 0.248. The summed E-state index contributed by atoms with van der Waals surface area (Å²) in [5, 5.41) is 5.55. The first-order chi connectivity index (χ1) is 12.1. The summed E-state index contributed by atoms with van der Waals surface area (Å²) in [4.78, 5) is 11.8. The third-order valence-electron chi connectivity index (χ3n) is 3.58. The van der Waals surface area contributed by atoms with Crippen molar-refractivity contribution in [2.75, 3.05) is 27.4 Å². The summed E-state index contributed by atoms with van der Waals surface area (Å²) in [6.45, 7) is 3.25. The van der Waals surface area contributed by atoms with Crippen LogP contribution >= 0.6 is 0 Å². The van der Waals surface area contributed by atoms with Crippen molar-refractivity contribution in [3.8, 4) is 17.2 Å². The number of benzene rings is 2. The highest BCUT2D eigenvalue weighted by Gasteiger charge is 2.06. The molecule has 0 fully saturated rings. The number of aryl methyl sites for hydroxylation is 1. The summed E-state index contributed by atoms with van der Waals surface area (Å²) in [6.07, 6.45) is 0. The Hall–Kier alpha value is -2.89. The molecule has 2 N–H and O–H groups in total. The highest BCUT2D eigenvalue weighted by molar-refractivity contribution is 5.73. The smallest absolute Gasteiger partial charge is 0.315 e. The van der Waals surface area contributed by atoms with Gasteiger partial charge in [0, 0.05) is 6.54 Å². The third-order valence-corrected chi connectivity index (χ3v) is 3.58. The average Bonchev–Trinajstić information content (AvgIpc) is 2.64. The molecule has 0 aliphatic carbocycles. The van der Waals surface area contributed by atoms with Crippen molar-refractivity contribution in [1.82, 2.24) is 10.6 Å². The van der Waals surface area contributed by atoms with E-state index in [9.17, 15) is 4.79 Å². The number of methoxy groups -OCH3 is 2. The van der Waals surface area contributed by atoms with Crippen LogP contribution in [-0.4, -0.2) is 33.4 Å². The Balaban J connectivity index is 1.69. The average molecular weight is 344 g/mol. The van der Waals surface area contributed by atoms with Crippen LogP contribution in [0.25, 0.3) is 0 Å². The normalized spacial score (nSPS) is 10.0. The summed E-state index contributed by atoms with van der Waals surface area (Å²) in [7, 11) is 3.16. The van der Waals surface area contributed by atoms with Crippen LogP contribution in [0.3, 0.4) is 0 Å². The summed E-state index contributed by atoms with van der Waals surface area (Å²) in [5.41, 5.74) is 2.10. The minimum Gasteiger partial charge on any atom is -0.493 e. The molecule has 0 aliphatic heterocycles. The molecule has 0 unspecified atom stereocenters. The molecule has 0 saturated carbocycles. The molecule has 0 heterocycles. The molecule has 6 heteroatoms. The number of hydrogen-bond donors (Lipinski definition) is 2. The Labute approximate surface area is 148 Å². The molecular formula is C19H24N2O4. The summed E-state index contributed by atoms with van der Waals surface area (Å²) >= 11 is 0.